The Morgan fingerprint density at radius 3 is 2.61 bits per heavy atom. The van der Waals surface area contributed by atoms with Gasteiger partial charge in [-0.05, 0) is 86.6 Å². The van der Waals surface area contributed by atoms with Gasteiger partial charge in [0.25, 0.3) is 5.91 Å². The highest BCUT2D eigenvalue weighted by atomic mass is 32.2. The molecule has 0 bridgehead atoms. The van der Waals surface area contributed by atoms with Gasteiger partial charge in [0.2, 0.25) is 0 Å². The summed E-state index contributed by atoms with van der Waals surface area (Å²) in [5.74, 6) is 1.57. The highest BCUT2D eigenvalue weighted by Gasteiger charge is 2.30. The van der Waals surface area contributed by atoms with Gasteiger partial charge in [-0.3, -0.25) is 4.79 Å². The molecule has 0 saturated heterocycles. The molecule has 0 radical (unpaired) electrons. The first-order valence-electron chi connectivity index (χ1n) is 11.4. The molecule has 1 saturated carbocycles. The second-order valence-corrected chi connectivity index (χ2v) is 10.9. The fraction of sp³-hybridized carbons (Fsp3) is 0.407. The van der Waals surface area contributed by atoms with E-state index in [1.807, 2.05) is 17.9 Å². The lowest BCUT2D eigenvalue weighted by Gasteiger charge is -2.23. The number of aromatic nitrogens is 1. The van der Waals surface area contributed by atoms with Crippen molar-refractivity contribution in [1.29, 1.82) is 0 Å². The number of rotatable bonds is 9. The van der Waals surface area contributed by atoms with Gasteiger partial charge in [0.1, 0.15) is 11.4 Å². The molecule has 2 aromatic carbocycles. The molecule has 0 unspecified atom stereocenters. The molecule has 4 rings (SSSR count). The minimum absolute atomic E-state index is 0.0538. The fourth-order valence-electron chi connectivity index (χ4n) is 3.99. The Morgan fingerprint density at radius 2 is 1.94 bits per heavy atom. The van der Waals surface area contributed by atoms with Gasteiger partial charge in [0.05, 0.1) is 17.0 Å². The van der Waals surface area contributed by atoms with Crippen molar-refractivity contribution in [3.05, 3.63) is 63.8 Å². The molecule has 174 valence electrons. The van der Waals surface area contributed by atoms with Gasteiger partial charge in [-0.15, -0.1) is 23.1 Å². The smallest absolute Gasteiger partial charge is 0.274 e. The zero-order valence-corrected chi connectivity index (χ0v) is 21.7. The third-order valence-electron chi connectivity index (χ3n) is 6.29. The lowest BCUT2D eigenvalue weighted by Crippen LogP contribution is -2.35. The topological polar surface area (TPSA) is 42.4 Å². The quantitative estimate of drug-likeness (QED) is 0.325. The summed E-state index contributed by atoms with van der Waals surface area (Å²) in [7, 11) is 1.70. The van der Waals surface area contributed by atoms with Gasteiger partial charge in [-0.2, -0.15) is 0 Å². The molecule has 1 fully saturated rings. The Labute approximate surface area is 205 Å². The summed E-state index contributed by atoms with van der Waals surface area (Å²) in [6.45, 7) is 7.72. The van der Waals surface area contributed by atoms with Crippen LogP contribution in [0.3, 0.4) is 0 Å². The minimum Gasteiger partial charge on any atom is -0.496 e. The molecule has 1 aliphatic carbocycles. The highest BCUT2D eigenvalue weighted by Crippen LogP contribution is 2.35. The van der Waals surface area contributed by atoms with Gasteiger partial charge in [0, 0.05) is 18.0 Å². The summed E-state index contributed by atoms with van der Waals surface area (Å²) in [6.07, 6.45) is 5.30. The van der Waals surface area contributed by atoms with E-state index in [1.165, 1.54) is 29.5 Å². The number of thioether (sulfide) groups is 1. The van der Waals surface area contributed by atoms with Crippen LogP contribution < -0.4 is 4.74 Å². The Kier molecular flexibility index (Phi) is 7.45. The zero-order valence-electron chi connectivity index (χ0n) is 20.1. The second kappa shape index (κ2) is 10.3. The van der Waals surface area contributed by atoms with Crippen LogP contribution in [-0.4, -0.2) is 42.2 Å². The van der Waals surface area contributed by atoms with Crippen LogP contribution in [0.25, 0.3) is 10.4 Å². The number of ether oxygens (including phenoxy) is 1. The van der Waals surface area contributed by atoms with Crippen LogP contribution in [0.5, 0.6) is 5.75 Å². The van der Waals surface area contributed by atoms with Crippen molar-refractivity contribution < 1.29 is 9.53 Å². The summed E-state index contributed by atoms with van der Waals surface area (Å²) in [4.78, 5) is 22.6. The van der Waals surface area contributed by atoms with Crippen LogP contribution in [0.2, 0.25) is 0 Å². The lowest BCUT2D eigenvalue weighted by molar-refractivity contribution is 0.0745. The van der Waals surface area contributed by atoms with Gasteiger partial charge >= 0.3 is 0 Å². The highest BCUT2D eigenvalue weighted by molar-refractivity contribution is 7.98. The van der Waals surface area contributed by atoms with E-state index in [9.17, 15) is 4.79 Å². The molecular weight excluding hydrogens is 448 g/mol. The van der Waals surface area contributed by atoms with E-state index in [0.29, 0.717) is 18.2 Å². The number of amides is 1. The lowest BCUT2D eigenvalue weighted by atomic mass is 10.0. The second-order valence-electron chi connectivity index (χ2n) is 8.84. The summed E-state index contributed by atoms with van der Waals surface area (Å²) in [5, 5.41) is 0.928. The number of aryl methyl sites for hydroxylation is 3. The maximum Gasteiger partial charge on any atom is 0.274 e. The van der Waals surface area contributed by atoms with Crippen molar-refractivity contribution in [3.8, 4) is 16.2 Å². The molecular formula is C27H32N2O2S2. The Hall–Kier alpha value is -2.31. The molecule has 0 aliphatic heterocycles. The van der Waals surface area contributed by atoms with Crippen molar-refractivity contribution in [2.24, 2.45) is 5.92 Å². The first-order valence-corrected chi connectivity index (χ1v) is 13.5. The van der Waals surface area contributed by atoms with Crippen LogP contribution in [0, 0.1) is 26.7 Å². The van der Waals surface area contributed by atoms with Crippen molar-refractivity contribution in [1.82, 2.24) is 9.88 Å². The molecule has 3 aromatic rings. The Balaban J connectivity index is 1.58. The van der Waals surface area contributed by atoms with Crippen LogP contribution in [0.1, 0.15) is 45.0 Å². The molecule has 1 heterocycles. The number of carbonyl (C=O) groups is 1. The molecule has 0 N–H and O–H groups in total. The molecule has 1 amide bonds. The molecule has 1 aliphatic rings. The zero-order chi connectivity index (χ0) is 23.5. The van der Waals surface area contributed by atoms with Crippen molar-refractivity contribution in [3.63, 3.8) is 0 Å². The van der Waals surface area contributed by atoms with E-state index in [-0.39, 0.29) is 5.91 Å². The Morgan fingerprint density at radius 1 is 1.15 bits per heavy atom. The first kappa shape index (κ1) is 23.8. The number of carbonyl (C=O) groups excluding carboxylic acids is 1. The van der Waals surface area contributed by atoms with Crippen molar-refractivity contribution >= 4 is 29.0 Å². The van der Waals surface area contributed by atoms with E-state index in [4.69, 9.17) is 9.72 Å². The van der Waals surface area contributed by atoms with E-state index in [2.05, 4.69) is 50.4 Å². The SMILES string of the molecule is COc1ccc(CCN(CC2CC2)C(=O)c2nc(C)sc2-c2ccc(C)c(C)c2)cc1SC. The molecule has 0 spiro atoms. The maximum absolute atomic E-state index is 13.8. The summed E-state index contributed by atoms with van der Waals surface area (Å²) in [6, 6.07) is 12.7. The Bertz CT molecular complexity index is 1150. The van der Waals surface area contributed by atoms with Crippen LogP contribution in [0.4, 0.5) is 0 Å². The summed E-state index contributed by atoms with van der Waals surface area (Å²) >= 11 is 3.29. The number of benzene rings is 2. The van der Waals surface area contributed by atoms with Gasteiger partial charge in [0.15, 0.2) is 0 Å². The van der Waals surface area contributed by atoms with Gasteiger partial charge in [-0.25, -0.2) is 4.98 Å². The molecule has 4 nitrogen and oxygen atoms in total. The van der Waals surface area contributed by atoms with Crippen LogP contribution in [0.15, 0.2) is 41.3 Å². The summed E-state index contributed by atoms with van der Waals surface area (Å²) in [5.41, 5.74) is 5.39. The van der Waals surface area contributed by atoms with Gasteiger partial charge in [-0.1, -0.05) is 24.3 Å². The average molecular weight is 481 g/mol. The van der Waals surface area contributed by atoms with Crippen LogP contribution in [-0.2, 0) is 6.42 Å². The molecule has 33 heavy (non-hydrogen) atoms. The van der Waals surface area contributed by atoms with Crippen molar-refractivity contribution in [2.75, 3.05) is 26.5 Å². The number of hydrogen-bond acceptors (Lipinski definition) is 5. The molecule has 0 atom stereocenters. The van der Waals surface area contributed by atoms with Gasteiger partial charge < -0.3 is 9.64 Å². The van der Waals surface area contributed by atoms with E-state index < -0.39 is 0 Å². The predicted octanol–water partition coefficient (Wildman–Crippen LogP) is 6.56. The third-order valence-corrected chi connectivity index (χ3v) is 8.07. The number of thiazole rings is 1. The average Bonchev–Trinajstić information content (AvgIpc) is 3.56. The normalized spacial score (nSPS) is 13.2. The fourth-order valence-corrected chi connectivity index (χ4v) is 5.52. The monoisotopic (exact) mass is 480 g/mol. The van der Waals surface area contributed by atoms with Crippen molar-refractivity contribution in [2.45, 2.75) is 44.9 Å². The number of hydrogen-bond donors (Lipinski definition) is 0. The standard InChI is InChI=1S/C27H32N2O2S2/c1-17-6-10-22(14-18(17)2)26-25(28-19(3)33-26)27(30)29(16-21-7-8-21)13-12-20-9-11-23(31-4)24(15-20)32-5/h6,9-11,14-15,21H,7-8,12-13,16H2,1-5H3. The summed E-state index contributed by atoms with van der Waals surface area (Å²) < 4.78 is 5.45. The third kappa shape index (κ3) is 5.61. The maximum atomic E-state index is 13.8. The minimum atomic E-state index is 0.0538. The first-order chi connectivity index (χ1) is 15.9. The number of methoxy groups -OCH3 is 1. The number of nitrogens with zero attached hydrogens (tertiary/aromatic N) is 2. The molecule has 1 aromatic heterocycles. The van der Waals surface area contributed by atoms with E-state index in [1.54, 1.807) is 30.2 Å². The molecule has 6 heteroatoms. The van der Waals surface area contributed by atoms with E-state index >= 15 is 0 Å². The van der Waals surface area contributed by atoms with Crippen LogP contribution >= 0.6 is 23.1 Å². The van der Waals surface area contributed by atoms with E-state index in [0.717, 1.165) is 39.1 Å². The largest absolute Gasteiger partial charge is 0.496 e. The predicted molar refractivity (Wildman–Crippen MR) is 139 cm³/mol.